The summed E-state index contributed by atoms with van der Waals surface area (Å²) in [5.41, 5.74) is 0. The van der Waals surface area contributed by atoms with Gasteiger partial charge in [-0.1, -0.05) is 18.2 Å². The molecule has 19 heavy (non-hydrogen) atoms. The number of amides is 2. The zero-order valence-corrected chi connectivity index (χ0v) is 11.3. The summed E-state index contributed by atoms with van der Waals surface area (Å²) in [6, 6.07) is 13.6. The van der Waals surface area contributed by atoms with Crippen molar-refractivity contribution in [1.29, 1.82) is 0 Å². The highest BCUT2D eigenvalue weighted by atomic mass is 32.2. The molecule has 5 heteroatoms. The van der Waals surface area contributed by atoms with Crippen LogP contribution >= 0.6 is 11.8 Å². The van der Waals surface area contributed by atoms with Crippen molar-refractivity contribution in [3.8, 4) is 0 Å². The van der Waals surface area contributed by atoms with Gasteiger partial charge in [-0.2, -0.15) is 0 Å². The maximum atomic E-state index is 11.5. The second-order valence-electron chi connectivity index (χ2n) is 3.85. The molecule has 0 radical (unpaired) electrons. The van der Waals surface area contributed by atoms with Crippen molar-refractivity contribution >= 4 is 17.8 Å². The molecule has 0 saturated carbocycles. The lowest BCUT2D eigenvalue weighted by Crippen LogP contribution is -2.36. The maximum absolute atomic E-state index is 11.5. The zero-order chi connectivity index (χ0) is 13.3. The quantitative estimate of drug-likeness (QED) is 0.630. The van der Waals surface area contributed by atoms with Gasteiger partial charge >= 0.3 is 6.03 Å². The van der Waals surface area contributed by atoms with E-state index in [0.29, 0.717) is 13.1 Å². The SMILES string of the molecule is O=C(NCCSc1ccccc1)NCc1ccco1. The van der Waals surface area contributed by atoms with Crippen LogP contribution in [0.4, 0.5) is 4.79 Å². The third-order valence-corrected chi connectivity index (χ3v) is 3.42. The van der Waals surface area contributed by atoms with Crippen LogP contribution in [0.3, 0.4) is 0 Å². The predicted molar refractivity (Wildman–Crippen MR) is 76.1 cm³/mol. The Kier molecular flexibility index (Phi) is 5.37. The van der Waals surface area contributed by atoms with E-state index in [1.54, 1.807) is 24.1 Å². The molecule has 2 rings (SSSR count). The van der Waals surface area contributed by atoms with E-state index in [1.165, 1.54) is 4.90 Å². The number of hydrogen-bond acceptors (Lipinski definition) is 3. The van der Waals surface area contributed by atoms with E-state index in [-0.39, 0.29) is 6.03 Å². The van der Waals surface area contributed by atoms with Gasteiger partial charge in [-0.15, -0.1) is 11.8 Å². The van der Waals surface area contributed by atoms with E-state index in [1.807, 2.05) is 24.3 Å². The molecule has 0 unspecified atom stereocenters. The van der Waals surface area contributed by atoms with Gasteiger partial charge in [0.25, 0.3) is 0 Å². The Bertz CT molecular complexity index is 485. The van der Waals surface area contributed by atoms with Crippen LogP contribution in [0.1, 0.15) is 5.76 Å². The van der Waals surface area contributed by atoms with E-state index in [2.05, 4.69) is 22.8 Å². The molecule has 0 aliphatic carbocycles. The highest BCUT2D eigenvalue weighted by Crippen LogP contribution is 2.15. The van der Waals surface area contributed by atoms with Gasteiger partial charge in [0.15, 0.2) is 0 Å². The minimum Gasteiger partial charge on any atom is -0.467 e. The van der Waals surface area contributed by atoms with Crippen molar-refractivity contribution < 1.29 is 9.21 Å². The van der Waals surface area contributed by atoms with Crippen molar-refractivity contribution in [3.63, 3.8) is 0 Å². The molecule has 1 aromatic heterocycles. The Hall–Kier alpha value is -1.88. The number of benzene rings is 1. The van der Waals surface area contributed by atoms with Gasteiger partial charge in [-0.05, 0) is 24.3 Å². The standard InChI is InChI=1S/C14H16N2O2S/c17-14(16-11-12-5-4-9-18-12)15-8-10-19-13-6-2-1-3-7-13/h1-7,9H,8,10-11H2,(H2,15,16,17). The molecule has 4 nitrogen and oxygen atoms in total. The van der Waals surface area contributed by atoms with Crippen LogP contribution in [0.25, 0.3) is 0 Å². The fraction of sp³-hybridized carbons (Fsp3) is 0.214. The van der Waals surface area contributed by atoms with E-state index in [4.69, 9.17) is 4.42 Å². The zero-order valence-electron chi connectivity index (χ0n) is 10.5. The van der Waals surface area contributed by atoms with E-state index >= 15 is 0 Å². The Balaban J connectivity index is 1.57. The van der Waals surface area contributed by atoms with E-state index < -0.39 is 0 Å². The number of nitrogens with one attached hydrogen (secondary N) is 2. The van der Waals surface area contributed by atoms with Crippen LogP contribution in [-0.2, 0) is 6.54 Å². The summed E-state index contributed by atoms with van der Waals surface area (Å²) in [4.78, 5) is 12.7. The van der Waals surface area contributed by atoms with Gasteiger partial charge < -0.3 is 15.1 Å². The van der Waals surface area contributed by atoms with Gasteiger partial charge in [-0.25, -0.2) is 4.79 Å². The van der Waals surface area contributed by atoms with Crippen molar-refractivity contribution in [1.82, 2.24) is 10.6 Å². The molecule has 2 amide bonds. The molecular formula is C14H16N2O2S. The molecule has 2 N–H and O–H groups in total. The Labute approximate surface area is 116 Å². The normalized spacial score (nSPS) is 10.1. The Morgan fingerprint density at radius 2 is 1.95 bits per heavy atom. The minimum absolute atomic E-state index is 0.176. The average molecular weight is 276 g/mol. The summed E-state index contributed by atoms with van der Waals surface area (Å²) in [6.45, 7) is 1.04. The fourth-order valence-electron chi connectivity index (χ4n) is 1.49. The van der Waals surface area contributed by atoms with Crippen LogP contribution in [0.15, 0.2) is 58.0 Å². The number of urea groups is 1. The smallest absolute Gasteiger partial charge is 0.315 e. The topological polar surface area (TPSA) is 54.3 Å². The van der Waals surface area contributed by atoms with Gasteiger partial charge in [0, 0.05) is 17.2 Å². The molecule has 1 aromatic carbocycles. The molecule has 0 aliphatic heterocycles. The van der Waals surface area contributed by atoms with Crippen LogP contribution < -0.4 is 10.6 Å². The molecular weight excluding hydrogens is 260 g/mol. The fourth-order valence-corrected chi connectivity index (χ4v) is 2.28. The lowest BCUT2D eigenvalue weighted by Gasteiger charge is -2.06. The van der Waals surface area contributed by atoms with Crippen LogP contribution in [0, 0.1) is 0 Å². The van der Waals surface area contributed by atoms with Crippen molar-refractivity contribution in [2.75, 3.05) is 12.3 Å². The van der Waals surface area contributed by atoms with Crippen LogP contribution in [0.5, 0.6) is 0 Å². The summed E-state index contributed by atoms with van der Waals surface area (Å²) >= 11 is 1.72. The molecule has 2 aromatic rings. The van der Waals surface area contributed by atoms with E-state index in [9.17, 15) is 4.79 Å². The first-order chi connectivity index (χ1) is 9.34. The third kappa shape index (κ3) is 5.09. The lowest BCUT2D eigenvalue weighted by atomic mass is 10.4. The second kappa shape index (κ2) is 7.53. The van der Waals surface area contributed by atoms with Gasteiger partial charge in [0.2, 0.25) is 0 Å². The molecule has 0 fully saturated rings. The first-order valence-electron chi connectivity index (χ1n) is 6.06. The van der Waals surface area contributed by atoms with Gasteiger partial charge in [0.1, 0.15) is 5.76 Å². The number of furan rings is 1. The maximum Gasteiger partial charge on any atom is 0.315 e. The highest BCUT2D eigenvalue weighted by molar-refractivity contribution is 7.99. The lowest BCUT2D eigenvalue weighted by molar-refractivity contribution is 0.240. The Morgan fingerprint density at radius 3 is 2.68 bits per heavy atom. The summed E-state index contributed by atoms with van der Waals surface area (Å²) in [5, 5.41) is 5.53. The van der Waals surface area contributed by atoms with Gasteiger partial charge in [-0.3, -0.25) is 0 Å². The van der Waals surface area contributed by atoms with E-state index in [0.717, 1.165) is 11.5 Å². The van der Waals surface area contributed by atoms with Crippen molar-refractivity contribution in [2.24, 2.45) is 0 Å². The van der Waals surface area contributed by atoms with Gasteiger partial charge in [0.05, 0.1) is 12.8 Å². The molecule has 0 saturated heterocycles. The summed E-state index contributed by atoms with van der Waals surface area (Å²) in [5.74, 6) is 1.59. The van der Waals surface area contributed by atoms with Crippen LogP contribution in [0.2, 0.25) is 0 Å². The molecule has 0 aliphatic rings. The highest BCUT2D eigenvalue weighted by Gasteiger charge is 2.01. The first kappa shape index (κ1) is 13.5. The summed E-state index contributed by atoms with van der Waals surface area (Å²) in [6.07, 6.45) is 1.59. The second-order valence-corrected chi connectivity index (χ2v) is 5.02. The number of carbonyl (C=O) groups excluding carboxylic acids is 1. The van der Waals surface area contributed by atoms with Crippen molar-refractivity contribution in [2.45, 2.75) is 11.4 Å². The molecule has 0 bridgehead atoms. The summed E-state index contributed by atoms with van der Waals surface area (Å²) < 4.78 is 5.12. The number of rotatable bonds is 6. The largest absolute Gasteiger partial charge is 0.467 e. The minimum atomic E-state index is -0.176. The third-order valence-electron chi connectivity index (χ3n) is 2.40. The number of carbonyl (C=O) groups is 1. The average Bonchev–Trinajstić information content (AvgIpc) is 2.96. The predicted octanol–water partition coefficient (Wildman–Crippen LogP) is 2.87. The molecule has 100 valence electrons. The monoisotopic (exact) mass is 276 g/mol. The first-order valence-corrected chi connectivity index (χ1v) is 7.05. The number of hydrogen-bond donors (Lipinski definition) is 2. The van der Waals surface area contributed by atoms with Crippen LogP contribution in [-0.4, -0.2) is 18.3 Å². The summed E-state index contributed by atoms with van der Waals surface area (Å²) in [7, 11) is 0. The number of thioether (sulfide) groups is 1. The molecule has 0 atom stereocenters. The van der Waals surface area contributed by atoms with Crippen molar-refractivity contribution in [3.05, 3.63) is 54.5 Å². The Morgan fingerprint density at radius 1 is 1.11 bits per heavy atom. The molecule has 0 spiro atoms. The molecule has 1 heterocycles.